The highest BCUT2D eigenvalue weighted by Gasteiger charge is 2.35. The van der Waals surface area contributed by atoms with E-state index in [1.54, 1.807) is 24.3 Å². The van der Waals surface area contributed by atoms with Gasteiger partial charge in [-0.15, -0.1) is 0 Å². The number of thiocarbonyl (C=S) groups is 1. The summed E-state index contributed by atoms with van der Waals surface area (Å²) in [7, 11) is 0. The van der Waals surface area contributed by atoms with Crippen LogP contribution in [0.4, 0.5) is 5.69 Å². The fourth-order valence-electron chi connectivity index (χ4n) is 3.24. The molecule has 0 radical (unpaired) electrons. The van der Waals surface area contributed by atoms with E-state index in [0.717, 1.165) is 14.0 Å². The van der Waals surface area contributed by atoms with E-state index in [9.17, 15) is 9.59 Å². The molecule has 0 atom stereocenters. The molecule has 172 valence electrons. The molecule has 1 aliphatic heterocycles. The fraction of sp³-hybridized carbons (Fsp3) is 0.0417. The predicted molar refractivity (Wildman–Crippen MR) is 150 cm³/mol. The van der Waals surface area contributed by atoms with Crippen LogP contribution in [0.5, 0.6) is 5.75 Å². The third-order valence-corrected chi connectivity index (χ3v) is 7.32. The monoisotopic (exact) mass is 686 g/mol. The largest absolute Gasteiger partial charge is 0.487 e. The zero-order chi connectivity index (χ0) is 24.4. The van der Waals surface area contributed by atoms with E-state index in [4.69, 9.17) is 40.2 Å². The van der Waals surface area contributed by atoms with Gasteiger partial charge in [-0.05, 0) is 92.2 Å². The van der Waals surface area contributed by atoms with Gasteiger partial charge in [-0.2, -0.15) is 0 Å². The summed E-state index contributed by atoms with van der Waals surface area (Å²) in [4.78, 5) is 27.1. The minimum atomic E-state index is -0.603. The van der Waals surface area contributed by atoms with Gasteiger partial charge in [-0.25, -0.2) is 0 Å². The number of hydrogen-bond acceptors (Lipinski definition) is 4. The van der Waals surface area contributed by atoms with Crippen LogP contribution in [-0.4, -0.2) is 16.9 Å². The van der Waals surface area contributed by atoms with E-state index < -0.39 is 11.8 Å². The van der Waals surface area contributed by atoms with Gasteiger partial charge in [-0.3, -0.25) is 19.8 Å². The van der Waals surface area contributed by atoms with Gasteiger partial charge in [0.2, 0.25) is 0 Å². The van der Waals surface area contributed by atoms with E-state index in [-0.39, 0.29) is 26.4 Å². The topological polar surface area (TPSA) is 58.6 Å². The molecule has 0 spiro atoms. The van der Waals surface area contributed by atoms with E-state index >= 15 is 0 Å². The Bertz CT molecular complexity index is 1330. The van der Waals surface area contributed by atoms with Gasteiger partial charge in [0.1, 0.15) is 17.9 Å². The summed E-state index contributed by atoms with van der Waals surface area (Å²) in [5.74, 6) is -0.534. The van der Waals surface area contributed by atoms with Crippen molar-refractivity contribution in [3.8, 4) is 5.75 Å². The second-order valence-electron chi connectivity index (χ2n) is 7.12. The molecule has 10 heteroatoms. The van der Waals surface area contributed by atoms with Crippen molar-refractivity contribution >= 4 is 103 Å². The molecule has 1 fully saturated rings. The first-order valence-corrected chi connectivity index (χ1v) is 12.8. The number of amides is 2. The number of carbonyl (C=O) groups is 2. The third-order valence-electron chi connectivity index (χ3n) is 4.83. The molecule has 2 amide bonds. The van der Waals surface area contributed by atoms with Crippen LogP contribution in [0.2, 0.25) is 10.0 Å². The lowest BCUT2D eigenvalue weighted by atomic mass is 10.1. The van der Waals surface area contributed by atoms with Gasteiger partial charge >= 0.3 is 0 Å². The molecule has 1 N–H and O–H groups in total. The van der Waals surface area contributed by atoms with E-state index in [1.807, 2.05) is 36.4 Å². The summed E-state index contributed by atoms with van der Waals surface area (Å²) in [6.07, 6.45) is 1.50. The molecule has 3 aromatic rings. The normalized spacial score (nSPS) is 15.0. The van der Waals surface area contributed by atoms with Crippen LogP contribution in [0.1, 0.15) is 11.1 Å². The second-order valence-corrected chi connectivity index (χ2v) is 10.3. The summed E-state index contributed by atoms with van der Waals surface area (Å²) < 4.78 is 7.48. The van der Waals surface area contributed by atoms with Crippen molar-refractivity contribution in [2.24, 2.45) is 0 Å². The van der Waals surface area contributed by atoms with Crippen LogP contribution in [0.15, 0.2) is 70.7 Å². The Morgan fingerprint density at radius 1 is 1.09 bits per heavy atom. The summed E-state index contributed by atoms with van der Waals surface area (Å²) in [6, 6.07) is 18.3. The molecule has 0 unspecified atom stereocenters. The van der Waals surface area contributed by atoms with E-state index in [2.05, 4.69) is 43.8 Å². The first kappa shape index (κ1) is 25.1. The number of carbonyl (C=O) groups excluding carboxylic acids is 2. The van der Waals surface area contributed by atoms with Crippen molar-refractivity contribution in [1.82, 2.24) is 5.32 Å². The third kappa shape index (κ3) is 5.31. The lowest BCUT2D eigenvalue weighted by Gasteiger charge is -2.29. The molecule has 34 heavy (non-hydrogen) atoms. The van der Waals surface area contributed by atoms with Gasteiger partial charge in [0.15, 0.2) is 5.11 Å². The number of anilines is 1. The molecular weight excluding hydrogens is 674 g/mol. The molecule has 0 aromatic heterocycles. The smallest absolute Gasteiger partial charge is 0.270 e. The average molecular weight is 688 g/mol. The Balaban J connectivity index is 1.64. The number of ether oxygens (including phenoxy) is 1. The summed E-state index contributed by atoms with van der Waals surface area (Å²) >= 11 is 23.3. The first-order chi connectivity index (χ1) is 16.3. The van der Waals surface area contributed by atoms with Gasteiger partial charge in [0.05, 0.1) is 23.8 Å². The Morgan fingerprint density at radius 3 is 2.53 bits per heavy atom. The lowest BCUT2D eigenvalue weighted by molar-refractivity contribution is -0.122. The van der Waals surface area contributed by atoms with Gasteiger partial charge in [-0.1, -0.05) is 59.6 Å². The fourth-order valence-corrected chi connectivity index (χ4v) is 5.66. The van der Waals surface area contributed by atoms with Crippen LogP contribution in [0, 0.1) is 3.57 Å². The van der Waals surface area contributed by atoms with Crippen LogP contribution in [0.3, 0.4) is 0 Å². The van der Waals surface area contributed by atoms with Crippen molar-refractivity contribution in [2.75, 3.05) is 4.90 Å². The number of rotatable bonds is 5. The second kappa shape index (κ2) is 10.7. The quantitative estimate of drug-likeness (QED) is 0.139. The molecule has 3 aromatic carbocycles. The number of halogens is 4. The number of nitrogens with zero attached hydrogens (tertiary/aromatic N) is 1. The van der Waals surface area contributed by atoms with Crippen molar-refractivity contribution in [3.05, 3.63) is 95.5 Å². The Morgan fingerprint density at radius 2 is 1.82 bits per heavy atom. The number of hydrogen-bond donors (Lipinski definition) is 1. The highest BCUT2D eigenvalue weighted by Crippen LogP contribution is 2.36. The Hall–Kier alpha value is -1.98. The minimum Gasteiger partial charge on any atom is -0.487 e. The van der Waals surface area contributed by atoms with Gasteiger partial charge < -0.3 is 4.74 Å². The molecule has 0 bridgehead atoms. The maximum absolute atomic E-state index is 13.3. The van der Waals surface area contributed by atoms with E-state index in [1.165, 1.54) is 6.08 Å². The molecule has 1 heterocycles. The predicted octanol–water partition coefficient (Wildman–Crippen LogP) is 6.77. The first-order valence-electron chi connectivity index (χ1n) is 9.77. The minimum absolute atomic E-state index is 0.0725. The van der Waals surface area contributed by atoms with Crippen molar-refractivity contribution in [2.45, 2.75) is 6.61 Å². The van der Waals surface area contributed by atoms with Crippen LogP contribution in [-0.2, 0) is 16.2 Å². The molecular formula is C24H14BrCl2IN2O3S. The Kier molecular flexibility index (Phi) is 7.94. The zero-order valence-electron chi connectivity index (χ0n) is 17.2. The number of nitrogens with one attached hydrogen (secondary N) is 1. The highest BCUT2D eigenvalue weighted by molar-refractivity contribution is 14.1. The molecule has 1 saturated heterocycles. The van der Waals surface area contributed by atoms with Gasteiger partial charge in [0.25, 0.3) is 11.8 Å². The molecule has 4 rings (SSSR count). The standard InChI is InChI=1S/C24H14BrCl2IN2O3S/c25-16-10-14(11-18(28)21(16)33-12-13-5-2-1-3-6-13)9-15-22(31)29-24(34)30(23(15)32)19-8-4-7-17(26)20(19)27/h1-11H,12H2,(H,29,31,34)/b15-9+. The SMILES string of the molecule is O=C1NC(=S)N(c2cccc(Cl)c2Cl)C(=O)/C1=C/c1cc(Br)c(OCc2ccccc2)c(I)c1. The lowest BCUT2D eigenvalue weighted by Crippen LogP contribution is -2.54. The summed E-state index contributed by atoms with van der Waals surface area (Å²) in [5, 5.41) is 2.90. The van der Waals surface area contributed by atoms with Crippen LogP contribution < -0.4 is 15.0 Å². The summed E-state index contributed by atoms with van der Waals surface area (Å²) in [6.45, 7) is 0.406. The number of benzene rings is 3. The van der Waals surface area contributed by atoms with Crippen LogP contribution in [0.25, 0.3) is 6.08 Å². The van der Waals surface area contributed by atoms with Crippen molar-refractivity contribution in [3.63, 3.8) is 0 Å². The maximum Gasteiger partial charge on any atom is 0.270 e. The highest BCUT2D eigenvalue weighted by atomic mass is 127. The summed E-state index contributed by atoms with van der Waals surface area (Å²) in [5.41, 5.74) is 1.86. The van der Waals surface area contributed by atoms with Crippen molar-refractivity contribution < 1.29 is 14.3 Å². The van der Waals surface area contributed by atoms with Crippen molar-refractivity contribution in [1.29, 1.82) is 0 Å². The van der Waals surface area contributed by atoms with Gasteiger partial charge in [0, 0.05) is 0 Å². The maximum atomic E-state index is 13.3. The Labute approximate surface area is 233 Å². The molecule has 0 saturated carbocycles. The van der Waals surface area contributed by atoms with E-state index in [0.29, 0.717) is 22.4 Å². The molecule has 5 nitrogen and oxygen atoms in total. The molecule has 0 aliphatic carbocycles. The van der Waals surface area contributed by atoms with Crippen LogP contribution >= 0.6 is 73.9 Å². The average Bonchev–Trinajstić information content (AvgIpc) is 2.79. The zero-order valence-corrected chi connectivity index (χ0v) is 23.2. The molecule has 1 aliphatic rings.